The van der Waals surface area contributed by atoms with E-state index in [0.29, 0.717) is 25.2 Å². The minimum atomic E-state index is -0.0600. The predicted molar refractivity (Wildman–Crippen MR) is 111 cm³/mol. The number of hydrogen-bond acceptors (Lipinski definition) is 3. The lowest BCUT2D eigenvalue weighted by Crippen LogP contribution is -2.49. The summed E-state index contributed by atoms with van der Waals surface area (Å²) in [5.74, 6) is 0.226. The van der Waals surface area contributed by atoms with Gasteiger partial charge in [0.2, 0.25) is 5.91 Å². The molecule has 0 atom stereocenters. The number of nitrogens with one attached hydrogen (secondary N) is 1. The number of carbonyl (C=O) groups excluding carboxylic acids is 2. The molecule has 1 saturated heterocycles. The summed E-state index contributed by atoms with van der Waals surface area (Å²) in [6, 6.07) is 17.0. The molecule has 0 spiro atoms. The van der Waals surface area contributed by atoms with Gasteiger partial charge in [-0.15, -0.1) is 0 Å². The monoisotopic (exact) mass is 388 g/mol. The van der Waals surface area contributed by atoms with Gasteiger partial charge in [-0.05, 0) is 55.2 Å². The Bertz CT molecular complexity index is 944. The molecule has 2 aromatic rings. The number of anilines is 2. The van der Waals surface area contributed by atoms with Gasteiger partial charge >= 0.3 is 6.03 Å². The number of urea groups is 1. The Morgan fingerprint density at radius 2 is 1.83 bits per heavy atom. The fraction of sp³-hybridized carbons (Fsp3) is 0.348. The molecule has 0 unspecified atom stereocenters. The summed E-state index contributed by atoms with van der Waals surface area (Å²) in [7, 11) is 0. The maximum absolute atomic E-state index is 13.0. The van der Waals surface area contributed by atoms with Crippen LogP contribution in [0.2, 0.25) is 0 Å². The second-order valence-electron chi connectivity index (χ2n) is 7.64. The van der Waals surface area contributed by atoms with Crippen molar-refractivity contribution in [2.45, 2.75) is 32.2 Å². The number of amides is 3. The van der Waals surface area contributed by atoms with Crippen molar-refractivity contribution in [3.05, 3.63) is 59.7 Å². The number of rotatable bonds is 5. The average Bonchev–Trinajstić information content (AvgIpc) is 2.69. The standard InChI is InChI=1S/C23H24N4O2/c24-15-18-5-1-2-6-19(18)16-26-13-4-14-27(23(26)29)21-11-9-20(10-12-21)25-22(28)17-7-3-8-17/h1-2,5-6,9-12,17H,3-4,7-8,13-14,16H2,(H,25,28). The van der Waals surface area contributed by atoms with Crippen LogP contribution in [0.1, 0.15) is 36.8 Å². The van der Waals surface area contributed by atoms with Crippen LogP contribution >= 0.6 is 0 Å². The molecule has 29 heavy (non-hydrogen) atoms. The molecule has 0 bridgehead atoms. The molecular weight excluding hydrogens is 364 g/mol. The molecule has 1 aliphatic carbocycles. The predicted octanol–water partition coefficient (Wildman–Crippen LogP) is 4.13. The summed E-state index contributed by atoms with van der Waals surface area (Å²) in [5.41, 5.74) is 3.04. The number of benzene rings is 2. The van der Waals surface area contributed by atoms with Crippen molar-refractivity contribution in [2.75, 3.05) is 23.3 Å². The van der Waals surface area contributed by atoms with Gasteiger partial charge in [-0.25, -0.2) is 4.79 Å². The second kappa shape index (κ2) is 8.36. The highest BCUT2D eigenvalue weighted by Crippen LogP contribution is 2.28. The minimum Gasteiger partial charge on any atom is -0.326 e. The van der Waals surface area contributed by atoms with Crippen LogP contribution in [-0.4, -0.2) is 29.9 Å². The first kappa shape index (κ1) is 19.0. The van der Waals surface area contributed by atoms with Gasteiger partial charge in [-0.3, -0.25) is 9.69 Å². The van der Waals surface area contributed by atoms with E-state index in [9.17, 15) is 14.9 Å². The zero-order valence-corrected chi connectivity index (χ0v) is 16.3. The number of nitriles is 1. The first-order valence-corrected chi connectivity index (χ1v) is 10.1. The van der Waals surface area contributed by atoms with E-state index < -0.39 is 0 Å². The summed E-state index contributed by atoms with van der Waals surface area (Å²) in [6.07, 6.45) is 3.93. The summed E-state index contributed by atoms with van der Waals surface area (Å²) in [6.45, 7) is 1.75. The van der Waals surface area contributed by atoms with E-state index in [2.05, 4.69) is 11.4 Å². The second-order valence-corrected chi connectivity index (χ2v) is 7.64. The van der Waals surface area contributed by atoms with Crippen LogP contribution in [0.4, 0.5) is 16.2 Å². The Kier molecular flexibility index (Phi) is 5.48. The third-order valence-electron chi connectivity index (χ3n) is 5.73. The molecular formula is C23H24N4O2. The van der Waals surface area contributed by atoms with E-state index in [1.54, 1.807) is 15.9 Å². The van der Waals surface area contributed by atoms with E-state index in [1.807, 2.05) is 42.5 Å². The quantitative estimate of drug-likeness (QED) is 0.837. The Morgan fingerprint density at radius 1 is 1.07 bits per heavy atom. The SMILES string of the molecule is N#Cc1ccccc1CN1CCCN(c2ccc(NC(=O)C3CCC3)cc2)C1=O. The fourth-order valence-corrected chi connectivity index (χ4v) is 3.78. The van der Waals surface area contributed by atoms with Gasteiger partial charge < -0.3 is 10.2 Å². The van der Waals surface area contributed by atoms with Gasteiger partial charge in [-0.1, -0.05) is 24.6 Å². The van der Waals surface area contributed by atoms with Crippen molar-refractivity contribution >= 4 is 23.3 Å². The molecule has 6 heteroatoms. The van der Waals surface area contributed by atoms with Crippen molar-refractivity contribution in [1.82, 2.24) is 4.90 Å². The fourth-order valence-electron chi connectivity index (χ4n) is 3.78. The van der Waals surface area contributed by atoms with Crippen LogP contribution in [0.5, 0.6) is 0 Å². The molecule has 6 nitrogen and oxygen atoms in total. The van der Waals surface area contributed by atoms with Gasteiger partial charge in [0.25, 0.3) is 0 Å². The van der Waals surface area contributed by atoms with Gasteiger partial charge in [0, 0.05) is 36.9 Å². The third-order valence-corrected chi connectivity index (χ3v) is 5.73. The summed E-state index contributed by atoms with van der Waals surface area (Å²) in [5, 5.41) is 12.2. The summed E-state index contributed by atoms with van der Waals surface area (Å²) in [4.78, 5) is 28.7. The summed E-state index contributed by atoms with van der Waals surface area (Å²) < 4.78 is 0. The molecule has 148 valence electrons. The van der Waals surface area contributed by atoms with Crippen LogP contribution in [0, 0.1) is 17.2 Å². The maximum atomic E-state index is 13.0. The first-order chi connectivity index (χ1) is 14.2. The average molecular weight is 388 g/mol. The molecule has 1 aliphatic heterocycles. The van der Waals surface area contributed by atoms with Crippen molar-refractivity contribution in [3.63, 3.8) is 0 Å². The topological polar surface area (TPSA) is 76.4 Å². The van der Waals surface area contributed by atoms with Gasteiger partial charge in [0.1, 0.15) is 0 Å². The highest BCUT2D eigenvalue weighted by molar-refractivity contribution is 5.95. The van der Waals surface area contributed by atoms with Crippen molar-refractivity contribution < 1.29 is 9.59 Å². The van der Waals surface area contributed by atoms with E-state index >= 15 is 0 Å². The van der Waals surface area contributed by atoms with Crippen LogP contribution in [0.15, 0.2) is 48.5 Å². The summed E-state index contributed by atoms with van der Waals surface area (Å²) >= 11 is 0. The van der Waals surface area contributed by atoms with E-state index in [1.165, 1.54) is 0 Å². The molecule has 3 amide bonds. The molecule has 4 rings (SSSR count). The Hall–Kier alpha value is -3.33. The van der Waals surface area contributed by atoms with E-state index in [-0.39, 0.29) is 17.9 Å². The Labute approximate surface area is 170 Å². The van der Waals surface area contributed by atoms with Crippen molar-refractivity contribution in [3.8, 4) is 6.07 Å². The van der Waals surface area contributed by atoms with E-state index in [4.69, 9.17) is 0 Å². The smallest absolute Gasteiger partial charge is 0.324 e. The van der Waals surface area contributed by atoms with Crippen molar-refractivity contribution in [2.24, 2.45) is 5.92 Å². The highest BCUT2D eigenvalue weighted by atomic mass is 16.2. The molecule has 0 radical (unpaired) electrons. The number of hydrogen-bond donors (Lipinski definition) is 1. The highest BCUT2D eigenvalue weighted by Gasteiger charge is 2.28. The molecule has 2 fully saturated rings. The molecule has 1 saturated carbocycles. The minimum absolute atomic E-state index is 0.0600. The van der Waals surface area contributed by atoms with Gasteiger partial charge in [-0.2, -0.15) is 5.26 Å². The number of nitrogens with zero attached hydrogens (tertiary/aromatic N) is 3. The van der Waals surface area contributed by atoms with Gasteiger partial charge in [0.15, 0.2) is 0 Å². The lowest BCUT2D eigenvalue weighted by molar-refractivity contribution is -0.122. The molecule has 1 heterocycles. The van der Waals surface area contributed by atoms with Crippen LogP contribution in [0.3, 0.4) is 0 Å². The largest absolute Gasteiger partial charge is 0.326 e. The zero-order valence-electron chi connectivity index (χ0n) is 16.3. The molecule has 2 aliphatic rings. The van der Waals surface area contributed by atoms with Crippen LogP contribution in [-0.2, 0) is 11.3 Å². The first-order valence-electron chi connectivity index (χ1n) is 10.1. The zero-order chi connectivity index (χ0) is 20.2. The third kappa shape index (κ3) is 4.09. The van der Waals surface area contributed by atoms with E-state index in [0.717, 1.165) is 42.6 Å². The Morgan fingerprint density at radius 3 is 2.52 bits per heavy atom. The normalized spacial score (nSPS) is 16.9. The van der Waals surface area contributed by atoms with Crippen LogP contribution in [0.25, 0.3) is 0 Å². The maximum Gasteiger partial charge on any atom is 0.324 e. The molecule has 2 aromatic carbocycles. The van der Waals surface area contributed by atoms with Crippen molar-refractivity contribution in [1.29, 1.82) is 5.26 Å². The molecule has 1 N–H and O–H groups in total. The molecule has 0 aromatic heterocycles. The number of carbonyl (C=O) groups is 2. The van der Waals surface area contributed by atoms with Crippen LogP contribution < -0.4 is 10.2 Å². The lowest BCUT2D eigenvalue weighted by atomic mass is 9.85. The Balaban J connectivity index is 1.43. The lowest BCUT2D eigenvalue weighted by Gasteiger charge is -2.36. The van der Waals surface area contributed by atoms with Gasteiger partial charge in [0.05, 0.1) is 11.6 Å².